The lowest BCUT2D eigenvalue weighted by atomic mass is 9.99. The molecule has 106 valence electrons. The van der Waals surface area contributed by atoms with Gasteiger partial charge >= 0.3 is 0 Å². The third-order valence-electron chi connectivity index (χ3n) is 3.34. The quantitative estimate of drug-likeness (QED) is 0.616. The molecular weight excluding hydrogens is 396 g/mol. The monoisotopic (exact) mass is 406 g/mol. The van der Waals surface area contributed by atoms with Crippen molar-refractivity contribution >= 4 is 37.7 Å². The summed E-state index contributed by atoms with van der Waals surface area (Å²) < 4.78 is 7.51. The highest BCUT2D eigenvalue weighted by molar-refractivity contribution is 9.10. The number of aromatic nitrogens is 1. The fraction of sp³-hybridized carbons (Fsp3) is 0.0625. The lowest BCUT2D eigenvalue weighted by Gasteiger charge is -2.07. The lowest BCUT2D eigenvalue weighted by molar-refractivity contribution is 0.436. The summed E-state index contributed by atoms with van der Waals surface area (Å²) in [7, 11) is 0. The van der Waals surface area contributed by atoms with Gasteiger partial charge in [-0.3, -0.25) is 0 Å². The molecule has 0 spiro atoms. The number of hydrogen-bond acceptors (Lipinski definition) is 3. The van der Waals surface area contributed by atoms with Gasteiger partial charge in [-0.05, 0) is 36.2 Å². The number of nitrogens with zero attached hydrogens (tertiary/aromatic N) is 1. The number of anilines is 1. The molecule has 2 N–H and O–H groups in total. The molecule has 0 aliphatic heterocycles. The van der Waals surface area contributed by atoms with Crippen LogP contribution in [0.2, 0.25) is 0 Å². The summed E-state index contributed by atoms with van der Waals surface area (Å²) in [5, 5.41) is 3.94. The van der Waals surface area contributed by atoms with Crippen LogP contribution in [0.25, 0.3) is 22.5 Å². The summed E-state index contributed by atoms with van der Waals surface area (Å²) >= 11 is 7.02. The molecule has 0 amide bonds. The fourth-order valence-electron chi connectivity index (χ4n) is 2.26. The summed E-state index contributed by atoms with van der Waals surface area (Å²) in [5.74, 6) is 1.08. The van der Waals surface area contributed by atoms with Crippen molar-refractivity contribution in [1.29, 1.82) is 0 Å². The van der Waals surface area contributed by atoms with Gasteiger partial charge in [-0.15, -0.1) is 0 Å². The molecule has 3 nitrogen and oxygen atoms in total. The molecule has 1 heterocycles. The standard InChI is InChI=1S/C16H12Br2N2O/c1-9-12(6-3-7-13(9)18)15-14(16(19)20-21-15)10-4-2-5-11(17)8-10/h2-8H,1H3,(H2,19,20). The predicted molar refractivity (Wildman–Crippen MR) is 91.9 cm³/mol. The van der Waals surface area contributed by atoms with E-state index >= 15 is 0 Å². The number of rotatable bonds is 2. The van der Waals surface area contributed by atoms with Crippen LogP contribution in [0.4, 0.5) is 5.82 Å². The summed E-state index contributed by atoms with van der Waals surface area (Å²) in [4.78, 5) is 0. The van der Waals surface area contributed by atoms with E-state index < -0.39 is 0 Å². The topological polar surface area (TPSA) is 52.0 Å². The van der Waals surface area contributed by atoms with Crippen LogP contribution in [-0.4, -0.2) is 5.16 Å². The van der Waals surface area contributed by atoms with Crippen molar-refractivity contribution in [2.24, 2.45) is 0 Å². The Morgan fingerprint density at radius 1 is 1.10 bits per heavy atom. The summed E-state index contributed by atoms with van der Waals surface area (Å²) in [6, 6.07) is 13.9. The van der Waals surface area contributed by atoms with E-state index in [1.165, 1.54) is 0 Å². The second kappa shape index (κ2) is 5.66. The van der Waals surface area contributed by atoms with Gasteiger partial charge in [0, 0.05) is 14.5 Å². The van der Waals surface area contributed by atoms with Gasteiger partial charge in [-0.2, -0.15) is 0 Å². The Balaban J connectivity index is 2.24. The molecule has 0 saturated carbocycles. The van der Waals surface area contributed by atoms with E-state index in [1.54, 1.807) is 0 Å². The second-order valence-electron chi connectivity index (χ2n) is 4.69. The zero-order valence-corrected chi connectivity index (χ0v) is 14.4. The van der Waals surface area contributed by atoms with E-state index in [2.05, 4.69) is 37.0 Å². The van der Waals surface area contributed by atoms with Crippen molar-refractivity contribution in [3.05, 3.63) is 57.0 Å². The molecule has 0 fully saturated rings. The first-order valence-corrected chi connectivity index (χ1v) is 7.93. The SMILES string of the molecule is Cc1c(Br)cccc1-c1onc(N)c1-c1cccc(Br)c1. The molecule has 5 heteroatoms. The fourth-order valence-corrected chi connectivity index (χ4v) is 3.03. The van der Waals surface area contributed by atoms with Crippen molar-refractivity contribution in [3.8, 4) is 22.5 Å². The van der Waals surface area contributed by atoms with Gasteiger partial charge in [0.2, 0.25) is 0 Å². The summed E-state index contributed by atoms with van der Waals surface area (Å²) in [6.07, 6.45) is 0. The van der Waals surface area contributed by atoms with E-state index in [-0.39, 0.29) is 0 Å². The molecule has 0 saturated heterocycles. The van der Waals surface area contributed by atoms with Crippen molar-refractivity contribution in [1.82, 2.24) is 5.16 Å². The molecule has 3 rings (SSSR count). The smallest absolute Gasteiger partial charge is 0.177 e. The molecule has 1 aromatic heterocycles. The first-order chi connectivity index (χ1) is 10.1. The summed E-state index contributed by atoms with van der Waals surface area (Å²) in [6.45, 7) is 2.03. The Morgan fingerprint density at radius 3 is 2.62 bits per heavy atom. The first kappa shape index (κ1) is 14.4. The van der Waals surface area contributed by atoms with Crippen molar-refractivity contribution in [3.63, 3.8) is 0 Å². The maximum Gasteiger partial charge on any atom is 0.177 e. The number of nitrogen functional groups attached to an aromatic ring is 1. The third kappa shape index (κ3) is 2.63. The van der Waals surface area contributed by atoms with E-state index in [0.29, 0.717) is 11.6 Å². The highest BCUT2D eigenvalue weighted by Gasteiger charge is 2.19. The highest BCUT2D eigenvalue weighted by Crippen LogP contribution is 2.39. The number of hydrogen-bond donors (Lipinski definition) is 1. The Kier molecular flexibility index (Phi) is 3.87. The van der Waals surface area contributed by atoms with E-state index in [1.807, 2.05) is 49.4 Å². The molecular formula is C16H12Br2N2O. The zero-order chi connectivity index (χ0) is 15.0. The molecule has 0 atom stereocenters. The van der Waals surface area contributed by atoms with E-state index in [9.17, 15) is 0 Å². The molecule has 21 heavy (non-hydrogen) atoms. The number of benzene rings is 2. The molecule has 0 aliphatic carbocycles. The molecule has 0 radical (unpaired) electrons. The van der Waals surface area contributed by atoms with Crippen LogP contribution >= 0.6 is 31.9 Å². The van der Waals surface area contributed by atoms with E-state index in [4.69, 9.17) is 10.3 Å². The molecule has 0 aliphatic rings. The molecule has 2 aromatic carbocycles. The van der Waals surface area contributed by atoms with Gasteiger partial charge in [0.05, 0.1) is 5.56 Å². The Hall–Kier alpha value is -1.59. The number of nitrogens with two attached hydrogens (primary N) is 1. The van der Waals surface area contributed by atoms with Crippen LogP contribution in [0.1, 0.15) is 5.56 Å². The minimum absolute atomic E-state index is 0.391. The van der Waals surface area contributed by atoms with Crippen LogP contribution in [-0.2, 0) is 0 Å². The maximum absolute atomic E-state index is 6.02. The van der Waals surface area contributed by atoms with Crippen molar-refractivity contribution in [2.75, 3.05) is 5.73 Å². The van der Waals surface area contributed by atoms with Gasteiger partial charge in [0.25, 0.3) is 0 Å². The van der Waals surface area contributed by atoms with Crippen LogP contribution in [0.15, 0.2) is 55.9 Å². The third-order valence-corrected chi connectivity index (χ3v) is 4.70. The van der Waals surface area contributed by atoms with Gasteiger partial charge in [-0.25, -0.2) is 0 Å². The lowest BCUT2D eigenvalue weighted by Crippen LogP contribution is -1.90. The predicted octanol–water partition coefficient (Wildman–Crippen LogP) is 5.42. The number of halogens is 2. The van der Waals surface area contributed by atoms with Gasteiger partial charge in [0.15, 0.2) is 11.6 Å². The van der Waals surface area contributed by atoms with E-state index in [0.717, 1.165) is 31.2 Å². The van der Waals surface area contributed by atoms with Crippen LogP contribution < -0.4 is 5.73 Å². The normalized spacial score (nSPS) is 10.8. The first-order valence-electron chi connectivity index (χ1n) is 6.34. The molecule has 0 bridgehead atoms. The average molecular weight is 408 g/mol. The van der Waals surface area contributed by atoms with Crippen LogP contribution in [0.3, 0.4) is 0 Å². The zero-order valence-electron chi connectivity index (χ0n) is 11.2. The minimum atomic E-state index is 0.391. The summed E-state index contributed by atoms with van der Waals surface area (Å²) in [5.41, 5.74) is 9.87. The van der Waals surface area contributed by atoms with Crippen molar-refractivity contribution < 1.29 is 4.52 Å². The van der Waals surface area contributed by atoms with Crippen LogP contribution in [0.5, 0.6) is 0 Å². The molecule has 0 unspecified atom stereocenters. The van der Waals surface area contributed by atoms with Gasteiger partial charge in [0.1, 0.15) is 0 Å². The minimum Gasteiger partial charge on any atom is -0.380 e. The van der Waals surface area contributed by atoms with Gasteiger partial charge in [-0.1, -0.05) is 61.3 Å². The molecule has 3 aromatic rings. The highest BCUT2D eigenvalue weighted by atomic mass is 79.9. The maximum atomic E-state index is 6.02. The largest absolute Gasteiger partial charge is 0.380 e. The second-order valence-corrected chi connectivity index (χ2v) is 6.46. The van der Waals surface area contributed by atoms with Crippen molar-refractivity contribution in [2.45, 2.75) is 6.92 Å². The Morgan fingerprint density at radius 2 is 1.86 bits per heavy atom. The Bertz CT molecular complexity index is 812. The average Bonchev–Trinajstić information content (AvgIpc) is 2.83. The van der Waals surface area contributed by atoms with Crippen LogP contribution in [0, 0.1) is 6.92 Å². The Labute approximate surface area is 139 Å². The van der Waals surface area contributed by atoms with Gasteiger partial charge < -0.3 is 10.3 Å².